The van der Waals surface area contributed by atoms with Gasteiger partial charge in [-0.05, 0) is 32.4 Å². The Hall–Kier alpha value is -1.13. The zero-order valence-electron chi connectivity index (χ0n) is 14.2. The minimum Gasteiger partial charge on any atom is -0.464 e. The number of halogens is 2. The average molecular weight is 419 g/mol. The van der Waals surface area contributed by atoms with Crippen LogP contribution in [0, 0.1) is 0 Å². The Bertz CT molecular complexity index is 892. The fourth-order valence-corrected chi connectivity index (χ4v) is 5.27. The maximum atomic E-state index is 13.1. The lowest BCUT2D eigenvalue weighted by Crippen LogP contribution is -2.49. The van der Waals surface area contributed by atoms with E-state index < -0.39 is 22.7 Å². The predicted octanol–water partition coefficient (Wildman–Crippen LogP) is 2.62. The van der Waals surface area contributed by atoms with Gasteiger partial charge in [0.1, 0.15) is 17.7 Å². The maximum Gasteiger partial charge on any atom is 0.346 e. The monoisotopic (exact) mass is 418 g/mol. The van der Waals surface area contributed by atoms with Crippen molar-refractivity contribution in [1.82, 2.24) is 19.5 Å². The molecule has 140 valence electrons. The lowest BCUT2D eigenvalue weighted by molar-refractivity contribution is -0.166. The Kier molecular flexibility index (Phi) is 4.35. The van der Waals surface area contributed by atoms with E-state index in [4.69, 9.17) is 37.4 Å². The molecule has 0 bridgehead atoms. The van der Waals surface area contributed by atoms with E-state index in [-0.39, 0.29) is 23.1 Å². The third kappa shape index (κ3) is 2.60. The number of hydrogen-bond acceptors (Lipinski definition) is 8. The zero-order chi connectivity index (χ0) is 18.7. The van der Waals surface area contributed by atoms with E-state index in [0.29, 0.717) is 16.9 Å². The molecule has 2 fully saturated rings. The second-order valence-corrected chi connectivity index (χ2v) is 8.33. The molecule has 11 heteroatoms. The smallest absolute Gasteiger partial charge is 0.346 e. The normalized spacial score (nSPS) is 29.9. The van der Waals surface area contributed by atoms with Crippen LogP contribution in [0.5, 0.6) is 0 Å². The van der Waals surface area contributed by atoms with E-state index in [0.717, 1.165) is 0 Å². The largest absolute Gasteiger partial charge is 0.464 e. The number of carbonyl (C=O) groups excluding carboxylic acids is 1. The topological polar surface area (TPSA) is 88.4 Å². The van der Waals surface area contributed by atoms with Crippen LogP contribution in [0.2, 0.25) is 10.4 Å². The molecule has 0 radical (unpaired) electrons. The summed E-state index contributed by atoms with van der Waals surface area (Å²) >= 11 is 13.5. The molecule has 0 N–H and O–H groups in total. The first-order chi connectivity index (χ1) is 12.3. The molecule has 8 nitrogen and oxygen atoms in total. The van der Waals surface area contributed by atoms with Gasteiger partial charge in [-0.1, -0.05) is 11.6 Å². The molecule has 2 aromatic heterocycles. The number of hydrogen-bond donors (Lipinski definition) is 0. The SMILES string of the molecule is CCOC(=O)[C@]1(n2cnc3c(Cl)nc(Cl)nc32)SC[C@@H]2OC(C)(C)O[C@@H]21. The third-order valence-corrected chi connectivity index (χ3v) is 6.25. The summed E-state index contributed by atoms with van der Waals surface area (Å²) in [6.45, 7) is 5.61. The molecule has 0 amide bonds. The highest BCUT2D eigenvalue weighted by Gasteiger charge is 2.64. The van der Waals surface area contributed by atoms with Crippen molar-refractivity contribution in [1.29, 1.82) is 0 Å². The van der Waals surface area contributed by atoms with E-state index in [1.54, 1.807) is 11.5 Å². The number of esters is 1. The molecule has 3 atom stereocenters. The Morgan fingerprint density at radius 3 is 2.92 bits per heavy atom. The lowest BCUT2D eigenvalue weighted by atomic mass is 10.1. The summed E-state index contributed by atoms with van der Waals surface area (Å²) in [6, 6.07) is 0. The van der Waals surface area contributed by atoms with E-state index in [9.17, 15) is 4.79 Å². The van der Waals surface area contributed by atoms with E-state index in [2.05, 4.69) is 15.0 Å². The van der Waals surface area contributed by atoms with Crippen molar-refractivity contribution < 1.29 is 19.0 Å². The summed E-state index contributed by atoms with van der Waals surface area (Å²) in [6.07, 6.45) is 0.638. The molecule has 2 aliphatic rings. The first kappa shape index (κ1) is 18.2. The summed E-state index contributed by atoms with van der Waals surface area (Å²) < 4.78 is 19.0. The predicted molar refractivity (Wildman–Crippen MR) is 96.2 cm³/mol. The number of imidazole rings is 1. The van der Waals surface area contributed by atoms with Crippen LogP contribution in [-0.2, 0) is 23.9 Å². The van der Waals surface area contributed by atoms with Crippen molar-refractivity contribution in [3.8, 4) is 0 Å². The summed E-state index contributed by atoms with van der Waals surface area (Å²) in [4.78, 5) is 24.3. The fourth-order valence-electron chi connectivity index (χ4n) is 3.38. The van der Waals surface area contributed by atoms with Gasteiger partial charge in [-0.2, -0.15) is 4.98 Å². The van der Waals surface area contributed by atoms with Crippen molar-refractivity contribution in [2.45, 2.75) is 43.6 Å². The van der Waals surface area contributed by atoms with Gasteiger partial charge in [-0.25, -0.2) is 14.8 Å². The van der Waals surface area contributed by atoms with Crippen molar-refractivity contribution in [2.75, 3.05) is 12.4 Å². The number of thioether (sulfide) groups is 1. The molecule has 0 aromatic carbocycles. The molecule has 4 rings (SSSR count). The van der Waals surface area contributed by atoms with Gasteiger partial charge in [0.15, 0.2) is 16.6 Å². The van der Waals surface area contributed by atoms with Crippen LogP contribution in [0.4, 0.5) is 0 Å². The molecule has 0 unspecified atom stereocenters. The zero-order valence-corrected chi connectivity index (χ0v) is 16.6. The summed E-state index contributed by atoms with van der Waals surface area (Å²) in [5, 5.41) is 0.0768. The first-order valence-corrected chi connectivity index (χ1v) is 9.76. The first-order valence-electron chi connectivity index (χ1n) is 8.02. The fraction of sp³-hybridized carbons (Fsp3) is 0.600. The molecule has 2 aromatic rings. The molecule has 0 aliphatic carbocycles. The molecule has 26 heavy (non-hydrogen) atoms. The van der Waals surface area contributed by atoms with E-state index in [1.807, 2.05) is 13.8 Å². The number of ether oxygens (including phenoxy) is 3. The highest BCUT2D eigenvalue weighted by atomic mass is 35.5. The van der Waals surface area contributed by atoms with Gasteiger partial charge in [-0.15, -0.1) is 11.8 Å². The van der Waals surface area contributed by atoms with Crippen LogP contribution in [0.1, 0.15) is 20.8 Å². The summed E-state index contributed by atoms with van der Waals surface area (Å²) in [5.41, 5.74) is 0.687. The van der Waals surface area contributed by atoms with Gasteiger partial charge in [-0.3, -0.25) is 4.57 Å². The molecule has 2 aliphatic heterocycles. The van der Waals surface area contributed by atoms with Gasteiger partial charge in [0.25, 0.3) is 0 Å². The number of nitrogens with zero attached hydrogens (tertiary/aromatic N) is 4. The van der Waals surface area contributed by atoms with E-state index >= 15 is 0 Å². The second-order valence-electron chi connectivity index (χ2n) is 6.39. The maximum absolute atomic E-state index is 13.1. The number of carbonyl (C=O) groups is 1. The Balaban J connectivity index is 1.92. The highest BCUT2D eigenvalue weighted by Crippen LogP contribution is 2.52. The van der Waals surface area contributed by atoms with Crippen LogP contribution < -0.4 is 0 Å². The standard InChI is InChI=1S/C15H16Cl2N4O4S/c1-4-23-12(22)15(9-7(5-26-15)24-14(2,3)25-9)21-6-18-8-10(16)19-13(17)20-11(8)21/h6-7,9H,4-5H2,1-3H3/t7-,9-,15+/m0/s1. The molecule has 2 saturated heterocycles. The lowest BCUT2D eigenvalue weighted by Gasteiger charge is -2.33. The molecule has 4 heterocycles. The number of aromatic nitrogens is 4. The van der Waals surface area contributed by atoms with Crippen molar-refractivity contribution >= 4 is 52.1 Å². The molecule has 0 saturated carbocycles. The Morgan fingerprint density at radius 1 is 1.42 bits per heavy atom. The van der Waals surface area contributed by atoms with Crippen LogP contribution >= 0.6 is 35.0 Å². The summed E-state index contributed by atoms with van der Waals surface area (Å²) in [5.74, 6) is -0.711. The Labute approximate surface area is 163 Å². The van der Waals surface area contributed by atoms with Gasteiger partial charge < -0.3 is 14.2 Å². The quantitative estimate of drug-likeness (QED) is 0.426. The molecular weight excluding hydrogens is 403 g/mol. The van der Waals surface area contributed by atoms with Crippen LogP contribution in [0.15, 0.2) is 6.33 Å². The van der Waals surface area contributed by atoms with Crippen molar-refractivity contribution in [3.63, 3.8) is 0 Å². The van der Waals surface area contributed by atoms with Crippen LogP contribution in [-0.4, -0.2) is 55.8 Å². The minimum absolute atomic E-state index is 0.0354. The second kappa shape index (κ2) is 6.20. The molecular formula is C15H16Cl2N4O4S. The van der Waals surface area contributed by atoms with Crippen LogP contribution in [0.3, 0.4) is 0 Å². The Morgan fingerprint density at radius 2 is 2.19 bits per heavy atom. The van der Waals surface area contributed by atoms with E-state index in [1.165, 1.54) is 18.1 Å². The van der Waals surface area contributed by atoms with Crippen molar-refractivity contribution in [2.24, 2.45) is 0 Å². The molecule has 0 spiro atoms. The highest BCUT2D eigenvalue weighted by molar-refractivity contribution is 8.01. The van der Waals surface area contributed by atoms with Gasteiger partial charge >= 0.3 is 5.97 Å². The third-order valence-electron chi connectivity index (χ3n) is 4.29. The summed E-state index contributed by atoms with van der Waals surface area (Å²) in [7, 11) is 0. The van der Waals surface area contributed by atoms with Crippen molar-refractivity contribution in [3.05, 3.63) is 16.8 Å². The minimum atomic E-state index is -1.25. The van der Waals surface area contributed by atoms with Gasteiger partial charge in [0.05, 0.1) is 12.9 Å². The van der Waals surface area contributed by atoms with Crippen LogP contribution in [0.25, 0.3) is 11.2 Å². The number of rotatable bonds is 3. The number of fused-ring (bicyclic) bond motifs is 2. The van der Waals surface area contributed by atoms with Gasteiger partial charge in [0.2, 0.25) is 10.2 Å². The van der Waals surface area contributed by atoms with Gasteiger partial charge in [0, 0.05) is 5.75 Å². The average Bonchev–Trinajstić information content (AvgIpc) is 3.18.